The van der Waals surface area contributed by atoms with Crippen molar-refractivity contribution in [3.63, 3.8) is 0 Å². The minimum Gasteiger partial charge on any atom is -0.486 e. The Hall–Kier alpha value is -2.51. The zero-order chi connectivity index (χ0) is 19.2. The molecule has 2 aromatic carbocycles. The first kappa shape index (κ1) is 19.3. The molecule has 27 heavy (non-hydrogen) atoms. The molecular formula is C19H18ClN3O3S. The van der Waals surface area contributed by atoms with E-state index in [1.165, 1.54) is 0 Å². The molecule has 0 aliphatic heterocycles. The number of carboxylic acid groups (broad SMARTS) is 1. The van der Waals surface area contributed by atoms with Gasteiger partial charge in [-0.25, -0.2) is 0 Å². The van der Waals surface area contributed by atoms with Crippen molar-refractivity contribution in [2.45, 2.75) is 30.5 Å². The largest absolute Gasteiger partial charge is 0.486 e. The standard InChI is InChI=1S/C19H18ClN3O3S/c1-13(18(24)25)27-19-22-21-17(12-26-16-9-7-15(20)8-10-16)23(19)11-14-5-3-2-4-6-14/h2-10,13H,11-12H2,1H3,(H,24,25)/t13-/m1/s1. The molecule has 1 N–H and O–H groups in total. The lowest BCUT2D eigenvalue weighted by Gasteiger charge is -2.12. The van der Waals surface area contributed by atoms with E-state index < -0.39 is 11.2 Å². The van der Waals surface area contributed by atoms with Gasteiger partial charge in [-0.3, -0.25) is 9.36 Å². The third kappa shape index (κ3) is 5.24. The smallest absolute Gasteiger partial charge is 0.316 e. The number of rotatable bonds is 8. The number of thioether (sulfide) groups is 1. The molecule has 0 saturated heterocycles. The van der Waals surface area contributed by atoms with Crippen LogP contribution in [0.3, 0.4) is 0 Å². The van der Waals surface area contributed by atoms with Gasteiger partial charge in [0, 0.05) is 5.02 Å². The number of benzene rings is 2. The lowest BCUT2D eigenvalue weighted by Crippen LogP contribution is -2.14. The minimum atomic E-state index is -0.895. The Bertz CT molecular complexity index is 900. The van der Waals surface area contributed by atoms with E-state index in [2.05, 4.69) is 10.2 Å². The Morgan fingerprint density at radius 1 is 1.19 bits per heavy atom. The van der Waals surface area contributed by atoms with Gasteiger partial charge in [-0.2, -0.15) is 0 Å². The average molecular weight is 404 g/mol. The number of nitrogens with zero attached hydrogens (tertiary/aromatic N) is 3. The third-order valence-electron chi connectivity index (χ3n) is 3.79. The molecule has 0 saturated carbocycles. The Kier molecular flexibility index (Phi) is 6.36. The van der Waals surface area contributed by atoms with E-state index in [-0.39, 0.29) is 6.61 Å². The van der Waals surface area contributed by atoms with Gasteiger partial charge in [0.15, 0.2) is 11.0 Å². The van der Waals surface area contributed by atoms with Gasteiger partial charge in [0.2, 0.25) is 0 Å². The molecule has 3 aromatic rings. The summed E-state index contributed by atoms with van der Waals surface area (Å²) in [5, 5.41) is 18.1. The summed E-state index contributed by atoms with van der Waals surface area (Å²) in [5.41, 5.74) is 1.06. The van der Waals surface area contributed by atoms with Crippen LogP contribution in [-0.4, -0.2) is 31.1 Å². The van der Waals surface area contributed by atoms with Crippen LogP contribution in [0.4, 0.5) is 0 Å². The molecule has 0 amide bonds. The molecule has 0 unspecified atom stereocenters. The zero-order valence-electron chi connectivity index (χ0n) is 14.6. The van der Waals surface area contributed by atoms with E-state index >= 15 is 0 Å². The van der Waals surface area contributed by atoms with Crippen LogP contribution in [0.2, 0.25) is 5.02 Å². The van der Waals surface area contributed by atoms with Crippen molar-refractivity contribution in [1.82, 2.24) is 14.8 Å². The lowest BCUT2D eigenvalue weighted by molar-refractivity contribution is -0.136. The number of hydrogen-bond donors (Lipinski definition) is 1. The minimum absolute atomic E-state index is 0.212. The van der Waals surface area contributed by atoms with Crippen LogP contribution in [0.5, 0.6) is 5.75 Å². The number of carbonyl (C=O) groups is 1. The highest BCUT2D eigenvalue weighted by Crippen LogP contribution is 2.24. The first-order chi connectivity index (χ1) is 13.0. The van der Waals surface area contributed by atoms with Crippen molar-refractivity contribution < 1.29 is 14.6 Å². The van der Waals surface area contributed by atoms with Gasteiger partial charge in [0.25, 0.3) is 0 Å². The van der Waals surface area contributed by atoms with Gasteiger partial charge >= 0.3 is 5.97 Å². The molecular weight excluding hydrogens is 386 g/mol. The maximum Gasteiger partial charge on any atom is 0.316 e. The normalized spacial score (nSPS) is 11.9. The predicted octanol–water partition coefficient (Wildman–Crippen LogP) is 4.12. The molecule has 0 fully saturated rings. The van der Waals surface area contributed by atoms with Crippen LogP contribution in [0.25, 0.3) is 0 Å². The second kappa shape index (κ2) is 8.92. The molecule has 8 heteroatoms. The van der Waals surface area contributed by atoms with Crippen LogP contribution in [-0.2, 0) is 17.9 Å². The fourth-order valence-electron chi connectivity index (χ4n) is 2.32. The Labute approximate surface area is 166 Å². The molecule has 1 atom stereocenters. The van der Waals surface area contributed by atoms with E-state index in [1.54, 1.807) is 31.2 Å². The van der Waals surface area contributed by atoms with Crippen LogP contribution in [0, 0.1) is 0 Å². The van der Waals surface area contributed by atoms with E-state index in [0.717, 1.165) is 17.3 Å². The summed E-state index contributed by atoms with van der Waals surface area (Å²) in [6, 6.07) is 16.9. The van der Waals surface area contributed by atoms with Crippen molar-refractivity contribution in [1.29, 1.82) is 0 Å². The monoisotopic (exact) mass is 403 g/mol. The molecule has 3 rings (SSSR count). The van der Waals surface area contributed by atoms with E-state index in [0.29, 0.717) is 28.3 Å². The topological polar surface area (TPSA) is 77.2 Å². The quantitative estimate of drug-likeness (QED) is 0.570. The van der Waals surface area contributed by atoms with Gasteiger partial charge in [-0.15, -0.1) is 10.2 Å². The summed E-state index contributed by atoms with van der Waals surface area (Å²) in [7, 11) is 0. The van der Waals surface area contributed by atoms with Gasteiger partial charge in [0.05, 0.1) is 6.54 Å². The Balaban J connectivity index is 1.82. The summed E-state index contributed by atoms with van der Waals surface area (Å²) >= 11 is 7.05. The summed E-state index contributed by atoms with van der Waals surface area (Å²) < 4.78 is 7.67. The Morgan fingerprint density at radius 3 is 2.56 bits per heavy atom. The number of hydrogen-bond acceptors (Lipinski definition) is 5. The maximum absolute atomic E-state index is 11.2. The highest BCUT2D eigenvalue weighted by molar-refractivity contribution is 8.00. The summed E-state index contributed by atoms with van der Waals surface area (Å²) in [6.07, 6.45) is 0. The van der Waals surface area contributed by atoms with Crippen molar-refractivity contribution >= 4 is 29.3 Å². The molecule has 0 bridgehead atoms. The van der Waals surface area contributed by atoms with Crippen LogP contribution in [0.1, 0.15) is 18.3 Å². The van der Waals surface area contributed by atoms with Crippen molar-refractivity contribution in [2.75, 3.05) is 0 Å². The molecule has 0 aliphatic carbocycles. The van der Waals surface area contributed by atoms with E-state index in [9.17, 15) is 9.90 Å². The van der Waals surface area contributed by atoms with Gasteiger partial charge in [0.1, 0.15) is 17.6 Å². The average Bonchev–Trinajstić information content (AvgIpc) is 3.03. The number of ether oxygens (including phenoxy) is 1. The third-order valence-corrected chi connectivity index (χ3v) is 5.11. The van der Waals surface area contributed by atoms with Gasteiger partial charge < -0.3 is 9.84 Å². The van der Waals surface area contributed by atoms with Crippen molar-refractivity contribution in [2.24, 2.45) is 0 Å². The molecule has 140 valence electrons. The predicted molar refractivity (Wildman–Crippen MR) is 104 cm³/mol. The molecule has 1 heterocycles. The van der Waals surface area contributed by atoms with E-state index in [4.69, 9.17) is 16.3 Å². The highest BCUT2D eigenvalue weighted by atomic mass is 35.5. The molecule has 1 aromatic heterocycles. The second-order valence-corrected chi connectivity index (χ2v) is 7.56. The van der Waals surface area contributed by atoms with Crippen molar-refractivity contribution in [3.8, 4) is 5.75 Å². The molecule has 0 aliphatic rings. The SMILES string of the molecule is C[C@@H](Sc1nnc(COc2ccc(Cl)cc2)n1Cc1ccccc1)C(=O)O. The molecule has 6 nitrogen and oxygen atoms in total. The number of aliphatic carboxylic acids is 1. The Morgan fingerprint density at radius 2 is 1.89 bits per heavy atom. The van der Waals surface area contributed by atoms with Crippen LogP contribution in [0.15, 0.2) is 59.8 Å². The van der Waals surface area contributed by atoms with E-state index in [1.807, 2.05) is 34.9 Å². The number of aromatic nitrogens is 3. The summed E-state index contributed by atoms with van der Waals surface area (Å²) in [5.74, 6) is 0.392. The maximum atomic E-state index is 11.2. The van der Waals surface area contributed by atoms with Crippen LogP contribution >= 0.6 is 23.4 Å². The fourth-order valence-corrected chi connectivity index (χ4v) is 3.25. The molecule has 0 radical (unpaired) electrons. The number of halogens is 1. The first-order valence-corrected chi connectivity index (χ1v) is 9.52. The number of carboxylic acids is 1. The van der Waals surface area contributed by atoms with Gasteiger partial charge in [-0.05, 0) is 36.8 Å². The van der Waals surface area contributed by atoms with Gasteiger partial charge in [-0.1, -0.05) is 53.7 Å². The highest BCUT2D eigenvalue weighted by Gasteiger charge is 2.20. The summed E-state index contributed by atoms with van der Waals surface area (Å²) in [6.45, 7) is 2.36. The summed E-state index contributed by atoms with van der Waals surface area (Å²) in [4.78, 5) is 11.2. The van der Waals surface area contributed by atoms with Crippen molar-refractivity contribution in [3.05, 3.63) is 71.0 Å². The fraction of sp³-hybridized carbons (Fsp3) is 0.211. The first-order valence-electron chi connectivity index (χ1n) is 8.27. The van der Waals surface area contributed by atoms with Crippen LogP contribution < -0.4 is 4.74 Å². The zero-order valence-corrected chi connectivity index (χ0v) is 16.2. The lowest BCUT2D eigenvalue weighted by atomic mass is 10.2. The molecule has 0 spiro atoms. The second-order valence-electron chi connectivity index (χ2n) is 5.81.